The highest BCUT2D eigenvalue weighted by atomic mass is 16.6. The molecule has 0 fully saturated rings. The predicted octanol–water partition coefficient (Wildman–Crippen LogP) is 2.91. The van der Waals surface area contributed by atoms with E-state index in [1.165, 1.54) is 10.6 Å². The van der Waals surface area contributed by atoms with E-state index in [-0.39, 0.29) is 41.8 Å². The summed E-state index contributed by atoms with van der Waals surface area (Å²) in [4.78, 5) is 30.6. The zero-order chi connectivity index (χ0) is 24.9. The molecule has 0 unspecified atom stereocenters. The van der Waals surface area contributed by atoms with Crippen LogP contribution in [0.15, 0.2) is 34.6 Å². The van der Waals surface area contributed by atoms with Gasteiger partial charge in [0, 0.05) is 16.5 Å². The molecule has 1 N–H and O–H groups in total. The highest BCUT2D eigenvalue weighted by Gasteiger charge is 2.45. The number of ether oxygens (including phenoxy) is 2. The molecule has 35 heavy (non-hydrogen) atoms. The van der Waals surface area contributed by atoms with Crippen molar-refractivity contribution >= 4 is 22.9 Å². The van der Waals surface area contributed by atoms with E-state index in [0.717, 1.165) is 0 Å². The molecule has 2 aromatic heterocycles. The molecule has 0 saturated heterocycles. The third-order valence-electron chi connectivity index (χ3n) is 6.54. The topological polar surface area (TPSA) is 138 Å². The lowest BCUT2D eigenvalue weighted by molar-refractivity contribution is -0.172. The van der Waals surface area contributed by atoms with Crippen molar-refractivity contribution in [2.45, 2.75) is 39.0 Å². The summed E-state index contributed by atoms with van der Waals surface area (Å²) in [6.07, 6.45) is 1.53. The summed E-state index contributed by atoms with van der Waals surface area (Å²) in [6, 6.07) is 10.7. The van der Waals surface area contributed by atoms with Gasteiger partial charge in [0.05, 0.1) is 35.6 Å². The number of rotatable bonds is 4. The molecule has 0 radical (unpaired) electrons. The summed E-state index contributed by atoms with van der Waals surface area (Å²) < 4.78 is 12.3. The zero-order valence-electron chi connectivity index (χ0n) is 19.1. The van der Waals surface area contributed by atoms with Crippen LogP contribution in [0.5, 0.6) is 5.75 Å². The molecule has 0 aliphatic carbocycles. The number of fused-ring (bicyclic) bond motifs is 5. The average Bonchev–Trinajstić information content (AvgIpc) is 3.23. The number of carbonyl (C=O) groups excluding carboxylic acids is 1. The third kappa shape index (κ3) is 3.21. The minimum Gasteiger partial charge on any atom is -0.494 e. The summed E-state index contributed by atoms with van der Waals surface area (Å²) >= 11 is 0. The maximum Gasteiger partial charge on any atom is 0.343 e. The first-order valence-corrected chi connectivity index (χ1v) is 11.1. The maximum absolute atomic E-state index is 13.5. The monoisotopic (exact) mass is 468 g/mol. The molecule has 0 spiro atoms. The van der Waals surface area contributed by atoms with Crippen molar-refractivity contribution in [1.82, 2.24) is 9.55 Å². The third-order valence-corrected chi connectivity index (χ3v) is 6.54. The van der Waals surface area contributed by atoms with Gasteiger partial charge in [-0.15, -0.1) is 0 Å². The van der Waals surface area contributed by atoms with Gasteiger partial charge in [0.15, 0.2) is 5.60 Å². The number of benzene rings is 1. The first-order chi connectivity index (χ1) is 16.9. The van der Waals surface area contributed by atoms with Gasteiger partial charge in [-0.1, -0.05) is 6.92 Å². The number of hydrogen-bond acceptors (Lipinski definition) is 8. The molecule has 9 nitrogen and oxygen atoms in total. The minimum absolute atomic E-state index is 0.0433. The van der Waals surface area contributed by atoms with Crippen LogP contribution >= 0.6 is 0 Å². The molecule has 2 aliphatic rings. The number of nitrogens with zero attached hydrogens (tertiary/aromatic N) is 4. The Morgan fingerprint density at radius 1 is 1.26 bits per heavy atom. The van der Waals surface area contributed by atoms with E-state index in [9.17, 15) is 25.2 Å². The average molecular weight is 468 g/mol. The Morgan fingerprint density at radius 3 is 2.71 bits per heavy atom. The van der Waals surface area contributed by atoms with Crippen molar-refractivity contribution in [2.24, 2.45) is 0 Å². The van der Waals surface area contributed by atoms with Crippen molar-refractivity contribution in [1.29, 1.82) is 10.5 Å². The molecule has 0 amide bonds. The van der Waals surface area contributed by atoms with Crippen molar-refractivity contribution in [3.05, 3.63) is 62.4 Å². The second-order valence-corrected chi connectivity index (χ2v) is 8.35. The molecule has 1 atom stereocenters. The molecule has 0 saturated carbocycles. The van der Waals surface area contributed by atoms with Gasteiger partial charge in [-0.25, -0.2) is 9.78 Å². The number of aromatic nitrogens is 2. The van der Waals surface area contributed by atoms with Crippen LogP contribution in [0.4, 0.5) is 0 Å². The highest BCUT2D eigenvalue weighted by Crippen LogP contribution is 2.41. The lowest BCUT2D eigenvalue weighted by atomic mass is 9.86. The van der Waals surface area contributed by atoms with Crippen LogP contribution in [0.2, 0.25) is 0 Å². The number of cyclic esters (lactones) is 1. The SMILES string of the molecule is CCOc1ccc2nc3c(c(C=C(C#N)C#N)c2c1)Cn1c-3cc2c(c1=O)COC(=O)[C@]2(O)CC. The molecule has 9 heteroatoms. The van der Waals surface area contributed by atoms with Crippen LogP contribution in [0.1, 0.15) is 42.5 Å². The number of esters is 1. The number of allylic oxidation sites excluding steroid dienone is 1. The summed E-state index contributed by atoms with van der Waals surface area (Å²) in [5.41, 5.74) is 0.800. The molecule has 1 aromatic carbocycles. The van der Waals surface area contributed by atoms with Crippen molar-refractivity contribution in [2.75, 3.05) is 6.61 Å². The molecule has 2 aliphatic heterocycles. The van der Waals surface area contributed by atoms with E-state index < -0.39 is 11.6 Å². The van der Waals surface area contributed by atoms with Gasteiger partial charge >= 0.3 is 5.97 Å². The lowest BCUT2D eigenvalue weighted by Gasteiger charge is -2.31. The second-order valence-electron chi connectivity index (χ2n) is 8.35. The zero-order valence-corrected chi connectivity index (χ0v) is 19.1. The maximum atomic E-state index is 13.5. The number of carbonyl (C=O) groups is 1. The Hall–Kier alpha value is -4.47. The van der Waals surface area contributed by atoms with Gasteiger partial charge in [0.25, 0.3) is 5.56 Å². The van der Waals surface area contributed by atoms with E-state index in [0.29, 0.717) is 45.8 Å². The van der Waals surface area contributed by atoms with E-state index in [2.05, 4.69) is 0 Å². The first-order valence-electron chi connectivity index (χ1n) is 11.1. The molecular weight excluding hydrogens is 448 g/mol. The van der Waals surface area contributed by atoms with E-state index in [4.69, 9.17) is 14.5 Å². The number of hydrogen-bond donors (Lipinski definition) is 1. The molecule has 3 aromatic rings. The standard InChI is InChI=1S/C26H20N4O5/c1-3-26(33)20-9-22-23-18(12-30(22)24(31)19(20)13-35-25(26)32)16(7-14(10-27)11-28)17-8-15(34-4-2)5-6-21(17)29-23/h5-9,33H,3-4,12-13H2,1-2H3/t26-/m0/s1. The summed E-state index contributed by atoms with van der Waals surface area (Å²) in [5.74, 6) is -0.181. The normalized spacial score (nSPS) is 17.5. The Morgan fingerprint density at radius 2 is 2.03 bits per heavy atom. The van der Waals surface area contributed by atoms with Gasteiger partial charge in [0.1, 0.15) is 30.1 Å². The first kappa shape index (κ1) is 22.3. The smallest absolute Gasteiger partial charge is 0.343 e. The van der Waals surface area contributed by atoms with E-state index in [1.807, 2.05) is 19.1 Å². The van der Waals surface area contributed by atoms with Crippen LogP contribution in [-0.4, -0.2) is 27.2 Å². The molecule has 4 heterocycles. The number of aliphatic hydroxyl groups is 1. The van der Waals surface area contributed by atoms with Gasteiger partial charge in [-0.3, -0.25) is 4.79 Å². The van der Waals surface area contributed by atoms with Crippen molar-refractivity contribution in [3.63, 3.8) is 0 Å². The summed E-state index contributed by atoms with van der Waals surface area (Å²) in [7, 11) is 0. The van der Waals surface area contributed by atoms with Crippen LogP contribution in [-0.2, 0) is 28.3 Å². The molecule has 0 bridgehead atoms. The van der Waals surface area contributed by atoms with Gasteiger partial charge in [-0.2, -0.15) is 10.5 Å². The number of pyridine rings is 2. The quantitative estimate of drug-likeness (QED) is 0.356. The fourth-order valence-electron chi connectivity index (χ4n) is 4.74. The van der Waals surface area contributed by atoms with Gasteiger partial charge in [-0.05, 0) is 49.2 Å². The summed E-state index contributed by atoms with van der Waals surface area (Å²) in [5, 5.41) is 30.5. The van der Waals surface area contributed by atoms with Crippen molar-refractivity contribution < 1.29 is 19.4 Å². The van der Waals surface area contributed by atoms with Crippen LogP contribution in [0.25, 0.3) is 28.4 Å². The van der Waals surface area contributed by atoms with Gasteiger partial charge < -0.3 is 19.1 Å². The molecule has 5 rings (SSSR count). The van der Waals surface area contributed by atoms with Crippen LogP contribution < -0.4 is 10.3 Å². The minimum atomic E-state index is -1.92. The van der Waals surface area contributed by atoms with Crippen molar-refractivity contribution in [3.8, 4) is 29.3 Å². The molecular formula is C26H20N4O5. The fraction of sp³-hybridized carbons (Fsp3) is 0.269. The van der Waals surface area contributed by atoms with E-state index >= 15 is 0 Å². The Labute approximate surface area is 200 Å². The lowest BCUT2D eigenvalue weighted by Crippen LogP contribution is -2.44. The largest absolute Gasteiger partial charge is 0.494 e. The Kier molecular flexibility index (Phi) is 5.16. The van der Waals surface area contributed by atoms with Crippen LogP contribution in [0, 0.1) is 22.7 Å². The van der Waals surface area contributed by atoms with Crippen LogP contribution in [0.3, 0.4) is 0 Å². The fourth-order valence-corrected chi connectivity index (χ4v) is 4.74. The Balaban J connectivity index is 1.84. The van der Waals surface area contributed by atoms with Gasteiger partial charge in [0.2, 0.25) is 0 Å². The predicted molar refractivity (Wildman–Crippen MR) is 125 cm³/mol. The number of nitriles is 2. The Bertz CT molecular complexity index is 1590. The van der Waals surface area contributed by atoms with E-state index in [1.54, 1.807) is 31.2 Å². The highest BCUT2D eigenvalue weighted by molar-refractivity contribution is 5.95. The molecule has 174 valence electrons. The second kappa shape index (κ2) is 8.08. The summed E-state index contributed by atoms with van der Waals surface area (Å²) in [6.45, 7) is 3.90.